The van der Waals surface area contributed by atoms with Gasteiger partial charge in [0.15, 0.2) is 6.54 Å². The number of carboxylic acid groups (broad SMARTS) is 1. The van der Waals surface area contributed by atoms with E-state index in [9.17, 15) is 33.0 Å². The molecule has 248 valence electrons. The number of halogens is 1. The maximum atomic E-state index is 13.6. The summed E-state index contributed by atoms with van der Waals surface area (Å²) in [5.41, 5.74) is 7.89. The number of hydrogen-bond donors (Lipinski definition) is 2. The molecule has 0 aromatic heterocycles. The number of primary amides is 1. The number of carboxylic acids is 1. The second kappa shape index (κ2) is 11.2. The van der Waals surface area contributed by atoms with E-state index in [1.54, 1.807) is 13.0 Å². The number of nitrogens with zero attached hydrogens (tertiary/aromatic N) is 4. The van der Waals surface area contributed by atoms with Gasteiger partial charge in [0.05, 0.1) is 54.3 Å². The summed E-state index contributed by atoms with van der Waals surface area (Å²) in [6.07, 6.45) is -0.106. The van der Waals surface area contributed by atoms with Crippen LogP contribution in [-0.4, -0.2) is 116 Å². The Balaban J connectivity index is 0.00000372. The fraction of sp³-hybridized carbons (Fsp3) is 0.531. The van der Waals surface area contributed by atoms with Crippen LogP contribution in [0.15, 0.2) is 41.6 Å². The van der Waals surface area contributed by atoms with Gasteiger partial charge in [0.2, 0.25) is 15.9 Å². The van der Waals surface area contributed by atoms with Crippen LogP contribution in [0.3, 0.4) is 0 Å². The molecule has 4 saturated heterocycles. The van der Waals surface area contributed by atoms with Crippen LogP contribution in [0, 0.1) is 11.8 Å². The zero-order valence-electron chi connectivity index (χ0n) is 26.0. The first-order valence-corrected chi connectivity index (χ1v) is 17.3. The highest BCUT2D eigenvalue weighted by Gasteiger charge is 2.59. The van der Waals surface area contributed by atoms with Crippen molar-refractivity contribution >= 4 is 44.3 Å². The van der Waals surface area contributed by atoms with Crippen LogP contribution in [0.25, 0.3) is 10.8 Å². The van der Waals surface area contributed by atoms with Crippen LogP contribution in [0.5, 0.6) is 0 Å². The second-order valence-corrected chi connectivity index (χ2v) is 15.8. The SMILES string of the molecule is C[C@@H](O)[C@H]1C(=O)N2C(C(=O)[O-])=C(CN3c4ccc5ccc(CC[N+]67CC[N+](CC(N)=O)(CC6)CC7)cc5c4CS3(=O)=O)[C@H](C)[C@H]12.[Cl-]. The molecule has 2 aromatic rings. The number of carbonyl (C=O) groups is 3. The van der Waals surface area contributed by atoms with Crippen molar-refractivity contribution in [1.29, 1.82) is 0 Å². The number of hydrogen-bond acceptors (Lipinski definition) is 7. The van der Waals surface area contributed by atoms with E-state index in [-0.39, 0.29) is 36.3 Å². The highest BCUT2D eigenvalue weighted by Crippen LogP contribution is 2.48. The molecule has 14 heteroatoms. The monoisotopic (exact) mass is 673 g/mol. The molecule has 6 aliphatic heterocycles. The lowest BCUT2D eigenvalue weighted by atomic mass is 9.78. The predicted octanol–water partition coefficient (Wildman–Crippen LogP) is -3.96. The Hall–Kier alpha value is -3.23. The summed E-state index contributed by atoms with van der Waals surface area (Å²) in [6, 6.07) is 9.35. The van der Waals surface area contributed by atoms with Gasteiger partial charge in [-0.05, 0) is 34.9 Å². The zero-order chi connectivity index (χ0) is 32.1. The summed E-state index contributed by atoms with van der Waals surface area (Å²) in [6.45, 7) is 10.4. The molecule has 46 heavy (non-hydrogen) atoms. The predicted molar refractivity (Wildman–Crippen MR) is 163 cm³/mol. The molecular formula is C32H40ClN5O7S. The van der Waals surface area contributed by atoms with Crippen molar-refractivity contribution in [2.45, 2.75) is 38.2 Å². The van der Waals surface area contributed by atoms with E-state index in [1.165, 1.54) is 11.2 Å². The summed E-state index contributed by atoms with van der Waals surface area (Å²) in [7, 11) is -3.83. The Morgan fingerprint density at radius 3 is 2.33 bits per heavy atom. The molecule has 2 aromatic carbocycles. The minimum atomic E-state index is -3.83. The summed E-state index contributed by atoms with van der Waals surface area (Å²) >= 11 is 0. The number of fused-ring (bicyclic) bond motifs is 7. The lowest BCUT2D eigenvalue weighted by Crippen LogP contribution is -3.00. The van der Waals surface area contributed by atoms with Gasteiger partial charge in [0, 0.05) is 17.9 Å². The lowest BCUT2D eigenvalue weighted by molar-refractivity contribution is -1.08. The Morgan fingerprint density at radius 1 is 1.09 bits per heavy atom. The molecule has 6 aliphatic rings. The van der Waals surface area contributed by atoms with Crippen molar-refractivity contribution in [1.82, 2.24) is 4.90 Å². The number of aliphatic carboxylic acids is 1. The highest BCUT2D eigenvalue weighted by atomic mass is 35.5. The third-order valence-corrected chi connectivity index (χ3v) is 13.1. The second-order valence-electron chi connectivity index (χ2n) is 13.9. The van der Waals surface area contributed by atoms with Crippen molar-refractivity contribution in [3.8, 4) is 0 Å². The molecule has 4 atom stereocenters. The number of nitrogens with two attached hydrogens (primary N) is 1. The Labute approximate surface area is 274 Å². The zero-order valence-corrected chi connectivity index (χ0v) is 27.6. The van der Waals surface area contributed by atoms with Crippen molar-refractivity contribution < 1.29 is 54.4 Å². The molecule has 2 bridgehead atoms. The Bertz CT molecular complexity index is 1770. The topological polar surface area (TPSA) is 161 Å². The van der Waals surface area contributed by atoms with E-state index in [4.69, 9.17) is 5.73 Å². The van der Waals surface area contributed by atoms with Gasteiger partial charge in [-0.1, -0.05) is 31.2 Å². The first kappa shape index (κ1) is 32.7. The van der Waals surface area contributed by atoms with Gasteiger partial charge < -0.3 is 47.0 Å². The van der Waals surface area contributed by atoms with Crippen molar-refractivity contribution in [3.05, 3.63) is 52.7 Å². The highest BCUT2D eigenvalue weighted by molar-refractivity contribution is 7.92. The van der Waals surface area contributed by atoms with E-state index in [1.807, 2.05) is 12.1 Å². The lowest BCUT2D eigenvalue weighted by Gasteiger charge is -2.55. The summed E-state index contributed by atoms with van der Waals surface area (Å²) in [4.78, 5) is 37.8. The number of benzene rings is 2. The van der Waals surface area contributed by atoms with Crippen LogP contribution in [0.2, 0.25) is 0 Å². The number of anilines is 1. The molecule has 8 rings (SSSR count). The van der Waals surface area contributed by atoms with E-state index < -0.39 is 45.9 Å². The quantitative estimate of drug-likeness (QED) is 0.203. The maximum Gasteiger partial charge on any atom is 0.272 e. The molecular weight excluding hydrogens is 634 g/mol. The number of quaternary nitrogens is 2. The number of piperazine rings is 3. The number of carbonyl (C=O) groups excluding carboxylic acids is 3. The molecule has 0 radical (unpaired) electrons. The molecule has 0 saturated carbocycles. The summed E-state index contributed by atoms with van der Waals surface area (Å²) in [5, 5.41) is 24.2. The van der Waals surface area contributed by atoms with Crippen molar-refractivity contribution in [3.63, 3.8) is 0 Å². The van der Waals surface area contributed by atoms with Crippen LogP contribution in [0.4, 0.5) is 5.69 Å². The van der Waals surface area contributed by atoms with Gasteiger partial charge in [-0.25, -0.2) is 8.42 Å². The van der Waals surface area contributed by atoms with E-state index in [0.717, 1.165) is 82.4 Å². The fourth-order valence-corrected chi connectivity index (χ4v) is 10.4. The average molecular weight is 674 g/mol. The van der Waals surface area contributed by atoms with Gasteiger partial charge in [0.25, 0.3) is 5.91 Å². The molecule has 4 fully saturated rings. The molecule has 0 unspecified atom stereocenters. The maximum absolute atomic E-state index is 13.6. The molecule has 0 aliphatic carbocycles. The third-order valence-electron chi connectivity index (χ3n) is 11.4. The van der Waals surface area contributed by atoms with Crippen molar-refractivity contribution in [2.75, 3.05) is 63.2 Å². The third kappa shape index (κ3) is 4.98. The molecule has 3 N–H and O–H groups in total. The van der Waals surface area contributed by atoms with Gasteiger partial charge in [-0.3, -0.25) is 13.9 Å². The first-order valence-electron chi connectivity index (χ1n) is 15.7. The van der Waals surface area contributed by atoms with Gasteiger partial charge in [0.1, 0.15) is 39.3 Å². The van der Waals surface area contributed by atoms with Crippen LogP contribution < -0.4 is 27.6 Å². The standard InChI is InChI=1S/C32H39N5O7S.ClH/c1-19-24(30(32(41)42)35-29(19)28(20(2)38)31(35)40)16-34-26-6-5-22-4-3-21(15-23(22)25(26)18-45(34,43)44)7-8-36-9-12-37(13-10-36,14-11-36)17-27(33)39;/h3-6,15,19-20,28-29,38H,7-14,16-18H2,1-2H3,(H-2,33,39,41,42);1H/t19-,20+,28+,29+,36?,37?;/m0./s1. The number of β-lactam (4-membered cyclic amide) rings is 1. The number of amides is 2. The molecule has 12 nitrogen and oxygen atoms in total. The van der Waals surface area contributed by atoms with Gasteiger partial charge in [-0.15, -0.1) is 0 Å². The molecule has 0 spiro atoms. The normalized spacial score (nSPS) is 31.4. The first-order chi connectivity index (χ1) is 21.2. The summed E-state index contributed by atoms with van der Waals surface area (Å²) in [5.74, 6) is -3.65. The average Bonchev–Trinajstić information content (AvgIpc) is 3.39. The molecule has 6 heterocycles. The number of aliphatic hydroxyl groups excluding tert-OH is 1. The largest absolute Gasteiger partial charge is 1.00 e. The van der Waals surface area contributed by atoms with E-state index >= 15 is 0 Å². The van der Waals surface area contributed by atoms with E-state index in [2.05, 4.69) is 12.1 Å². The van der Waals surface area contributed by atoms with Crippen LogP contribution in [0.1, 0.15) is 25.0 Å². The Kier molecular flexibility index (Phi) is 7.95. The van der Waals surface area contributed by atoms with Gasteiger partial charge in [-0.2, -0.15) is 0 Å². The van der Waals surface area contributed by atoms with Crippen LogP contribution >= 0.6 is 0 Å². The summed E-state index contributed by atoms with van der Waals surface area (Å²) < 4.78 is 30.4. The number of sulfonamides is 1. The number of aliphatic hydroxyl groups is 1. The van der Waals surface area contributed by atoms with Crippen LogP contribution in [-0.2, 0) is 36.6 Å². The smallest absolute Gasteiger partial charge is 0.272 e. The minimum Gasteiger partial charge on any atom is -1.00 e. The fourth-order valence-electron chi connectivity index (χ4n) is 8.76. The molecule has 2 amide bonds. The van der Waals surface area contributed by atoms with E-state index in [0.29, 0.717) is 23.4 Å². The number of rotatable bonds is 9. The van der Waals surface area contributed by atoms with Gasteiger partial charge >= 0.3 is 0 Å². The Morgan fingerprint density at radius 2 is 1.72 bits per heavy atom. The minimum absolute atomic E-state index is 0. The van der Waals surface area contributed by atoms with Crippen molar-refractivity contribution in [2.24, 2.45) is 17.6 Å².